The van der Waals surface area contributed by atoms with Gasteiger partial charge >= 0.3 is 0 Å². The molecule has 3 heteroatoms. The second-order valence-corrected chi connectivity index (χ2v) is 6.41. The summed E-state index contributed by atoms with van der Waals surface area (Å²) in [7, 11) is -0.949. The average molecular weight is 252 g/mol. The fourth-order valence-electron chi connectivity index (χ4n) is 2.41. The minimum atomic E-state index is -0.949. The summed E-state index contributed by atoms with van der Waals surface area (Å²) in [6.45, 7) is 0. The van der Waals surface area contributed by atoms with Crippen LogP contribution < -0.4 is 0 Å². The van der Waals surface area contributed by atoms with E-state index < -0.39 is 10.8 Å². The highest BCUT2D eigenvalue weighted by molar-refractivity contribution is 7.84. The van der Waals surface area contributed by atoms with Crippen molar-refractivity contribution < 1.29 is 9.32 Å². The minimum absolute atomic E-state index is 0.0299. The minimum Gasteiger partial charge on any atom is -0.392 e. The third-order valence-electron chi connectivity index (χ3n) is 3.41. The second kappa shape index (κ2) is 6.31. The van der Waals surface area contributed by atoms with Gasteiger partial charge in [0.05, 0.1) is 11.4 Å². The van der Waals surface area contributed by atoms with Crippen LogP contribution in [-0.4, -0.2) is 20.7 Å². The van der Waals surface area contributed by atoms with Crippen molar-refractivity contribution in [1.29, 1.82) is 0 Å². The Morgan fingerprint density at radius 1 is 1.12 bits per heavy atom. The Labute approximate surface area is 106 Å². The van der Waals surface area contributed by atoms with E-state index in [9.17, 15) is 9.32 Å². The first-order valence-electron chi connectivity index (χ1n) is 6.36. The van der Waals surface area contributed by atoms with Crippen LogP contribution in [0.15, 0.2) is 30.3 Å². The van der Waals surface area contributed by atoms with Crippen LogP contribution in [0.25, 0.3) is 0 Å². The Hall–Kier alpha value is -0.670. The zero-order valence-electron chi connectivity index (χ0n) is 10.0. The summed E-state index contributed by atoms with van der Waals surface area (Å²) in [4.78, 5) is 0. The lowest BCUT2D eigenvalue weighted by atomic mass is 10.1. The first kappa shape index (κ1) is 12.8. The number of hydrogen-bond acceptors (Lipinski definition) is 2. The Kier molecular flexibility index (Phi) is 4.75. The number of rotatable bonds is 3. The van der Waals surface area contributed by atoms with E-state index in [2.05, 4.69) is 0 Å². The number of aliphatic hydroxyl groups excluding tert-OH is 1. The van der Waals surface area contributed by atoms with Gasteiger partial charge in [0.15, 0.2) is 0 Å². The Balaban J connectivity index is 1.99. The van der Waals surface area contributed by atoms with E-state index in [0.29, 0.717) is 5.75 Å². The Morgan fingerprint density at radius 3 is 2.59 bits per heavy atom. The molecule has 1 fully saturated rings. The molecule has 1 aliphatic rings. The lowest BCUT2D eigenvalue weighted by Gasteiger charge is -2.19. The molecule has 1 aromatic carbocycles. The normalized spacial score (nSPS) is 27.4. The highest BCUT2D eigenvalue weighted by Crippen LogP contribution is 2.23. The van der Waals surface area contributed by atoms with E-state index >= 15 is 0 Å². The molecule has 0 heterocycles. The molecule has 0 spiro atoms. The van der Waals surface area contributed by atoms with Crippen molar-refractivity contribution in [3.8, 4) is 0 Å². The molecule has 3 atom stereocenters. The van der Waals surface area contributed by atoms with Gasteiger partial charge in [0.25, 0.3) is 0 Å². The van der Waals surface area contributed by atoms with Gasteiger partial charge in [-0.15, -0.1) is 0 Å². The summed E-state index contributed by atoms with van der Waals surface area (Å²) in [6, 6.07) is 9.90. The van der Waals surface area contributed by atoms with Gasteiger partial charge in [0, 0.05) is 16.6 Å². The van der Waals surface area contributed by atoms with E-state index in [1.54, 1.807) is 0 Å². The highest BCUT2D eigenvalue weighted by atomic mass is 32.2. The summed E-state index contributed by atoms with van der Waals surface area (Å²) >= 11 is 0. The highest BCUT2D eigenvalue weighted by Gasteiger charge is 2.26. The molecule has 0 radical (unpaired) electrons. The van der Waals surface area contributed by atoms with Gasteiger partial charge in [0.1, 0.15) is 0 Å². The summed E-state index contributed by atoms with van der Waals surface area (Å²) in [5.41, 5.74) is 1.10. The first-order valence-corrected chi connectivity index (χ1v) is 7.75. The Morgan fingerprint density at radius 2 is 1.82 bits per heavy atom. The average Bonchev–Trinajstić information content (AvgIpc) is 2.55. The van der Waals surface area contributed by atoms with Crippen LogP contribution in [0.3, 0.4) is 0 Å². The van der Waals surface area contributed by atoms with Crippen molar-refractivity contribution in [2.75, 3.05) is 0 Å². The maximum Gasteiger partial charge on any atom is 0.0683 e. The molecule has 0 aromatic heterocycles. The van der Waals surface area contributed by atoms with Crippen molar-refractivity contribution in [3.05, 3.63) is 35.9 Å². The topological polar surface area (TPSA) is 37.3 Å². The van der Waals surface area contributed by atoms with Crippen molar-refractivity contribution in [2.24, 2.45) is 0 Å². The third kappa shape index (κ3) is 3.65. The predicted octanol–water partition coefficient (Wildman–Crippen LogP) is 2.63. The van der Waals surface area contributed by atoms with E-state index in [1.165, 1.54) is 0 Å². The van der Waals surface area contributed by atoms with Crippen molar-refractivity contribution in [1.82, 2.24) is 0 Å². The smallest absolute Gasteiger partial charge is 0.0683 e. The molecule has 0 bridgehead atoms. The molecule has 0 amide bonds. The van der Waals surface area contributed by atoms with Crippen LogP contribution in [0.1, 0.15) is 37.7 Å². The quantitative estimate of drug-likeness (QED) is 0.840. The van der Waals surface area contributed by atoms with Crippen molar-refractivity contribution in [2.45, 2.75) is 49.2 Å². The molecule has 2 nitrogen and oxygen atoms in total. The maximum absolute atomic E-state index is 12.3. The van der Waals surface area contributed by atoms with Crippen LogP contribution in [0.2, 0.25) is 0 Å². The van der Waals surface area contributed by atoms with Crippen LogP contribution >= 0.6 is 0 Å². The molecule has 1 N–H and O–H groups in total. The third-order valence-corrected chi connectivity index (χ3v) is 5.25. The summed E-state index contributed by atoms with van der Waals surface area (Å²) in [6.07, 6.45) is 4.67. The second-order valence-electron chi connectivity index (χ2n) is 4.75. The predicted molar refractivity (Wildman–Crippen MR) is 71.2 cm³/mol. The fraction of sp³-hybridized carbons (Fsp3) is 0.571. The van der Waals surface area contributed by atoms with Gasteiger partial charge in [-0.3, -0.25) is 4.21 Å². The van der Waals surface area contributed by atoms with Crippen molar-refractivity contribution >= 4 is 10.8 Å². The van der Waals surface area contributed by atoms with Crippen LogP contribution in [-0.2, 0) is 16.6 Å². The van der Waals surface area contributed by atoms with Crippen LogP contribution in [0.5, 0.6) is 0 Å². The molecule has 2 rings (SSSR count). The van der Waals surface area contributed by atoms with Gasteiger partial charge in [-0.1, -0.05) is 49.6 Å². The molecule has 0 saturated heterocycles. The zero-order chi connectivity index (χ0) is 12.1. The van der Waals surface area contributed by atoms with Crippen molar-refractivity contribution in [3.63, 3.8) is 0 Å². The van der Waals surface area contributed by atoms with Gasteiger partial charge in [-0.2, -0.15) is 0 Å². The van der Waals surface area contributed by atoms with Gasteiger partial charge < -0.3 is 5.11 Å². The lowest BCUT2D eigenvalue weighted by molar-refractivity contribution is 0.161. The molecular weight excluding hydrogens is 232 g/mol. The largest absolute Gasteiger partial charge is 0.392 e. The van der Waals surface area contributed by atoms with E-state index in [-0.39, 0.29) is 11.4 Å². The number of hydrogen-bond donors (Lipinski definition) is 1. The van der Waals surface area contributed by atoms with E-state index in [0.717, 1.165) is 37.7 Å². The molecule has 1 aliphatic carbocycles. The van der Waals surface area contributed by atoms with E-state index in [1.807, 2.05) is 30.3 Å². The molecule has 1 aromatic rings. The SMILES string of the molecule is O=S(Cc1ccccc1)[C@@H]1CCCCC[C@H]1O. The summed E-state index contributed by atoms with van der Waals surface area (Å²) in [5, 5.41) is 9.97. The standard InChI is InChI=1S/C14H20O2S/c15-13-9-5-2-6-10-14(13)17(16)11-12-7-3-1-4-8-12/h1,3-4,7-8,13-15H,2,5-6,9-11H2/t13-,14-,17?/m1/s1. The molecular formula is C14H20O2S. The zero-order valence-corrected chi connectivity index (χ0v) is 10.9. The van der Waals surface area contributed by atoms with Crippen LogP contribution in [0, 0.1) is 0 Å². The van der Waals surface area contributed by atoms with Gasteiger partial charge in [-0.25, -0.2) is 0 Å². The Bertz CT molecular complexity index is 364. The maximum atomic E-state index is 12.3. The first-order chi connectivity index (χ1) is 8.27. The summed E-state index contributed by atoms with van der Waals surface area (Å²) < 4.78 is 12.3. The molecule has 1 saturated carbocycles. The molecule has 0 aliphatic heterocycles. The summed E-state index contributed by atoms with van der Waals surface area (Å²) in [5.74, 6) is 0.572. The van der Waals surface area contributed by atoms with Gasteiger partial charge in [-0.05, 0) is 18.4 Å². The monoisotopic (exact) mass is 252 g/mol. The molecule has 94 valence electrons. The molecule has 17 heavy (non-hydrogen) atoms. The fourth-order valence-corrected chi connectivity index (χ4v) is 4.06. The van der Waals surface area contributed by atoms with Gasteiger partial charge in [0.2, 0.25) is 0 Å². The molecule has 1 unspecified atom stereocenters. The lowest BCUT2D eigenvalue weighted by Crippen LogP contribution is -2.30. The number of aliphatic hydroxyl groups is 1. The number of benzene rings is 1. The van der Waals surface area contributed by atoms with Crippen LogP contribution in [0.4, 0.5) is 0 Å². The van der Waals surface area contributed by atoms with E-state index in [4.69, 9.17) is 0 Å².